The second-order valence-electron chi connectivity index (χ2n) is 4.61. The molecule has 1 aromatic carbocycles. The molecule has 0 spiro atoms. The molecule has 1 amide bonds. The lowest BCUT2D eigenvalue weighted by Crippen LogP contribution is -2.36. The Kier molecular flexibility index (Phi) is 3.80. The molecule has 2 rings (SSSR count). The molecule has 0 N–H and O–H groups in total. The van der Waals surface area contributed by atoms with Crippen molar-refractivity contribution in [2.75, 3.05) is 13.1 Å². The SMILES string of the molecule is CCN(CC)C(=O)C1CCC(=O)c2ccccc21. The van der Waals surface area contributed by atoms with Gasteiger partial charge in [-0.25, -0.2) is 0 Å². The minimum atomic E-state index is -0.140. The Morgan fingerprint density at radius 1 is 1.28 bits per heavy atom. The van der Waals surface area contributed by atoms with E-state index < -0.39 is 0 Å². The summed E-state index contributed by atoms with van der Waals surface area (Å²) in [7, 11) is 0. The molecule has 1 unspecified atom stereocenters. The highest BCUT2D eigenvalue weighted by atomic mass is 16.2. The standard InChI is InChI=1S/C15H19NO2/c1-3-16(4-2)15(18)13-9-10-14(17)12-8-6-5-7-11(12)13/h5-8,13H,3-4,9-10H2,1-2H3. The zero-order valence-electron chi connectivity index (χ0n) is 11.0. The number of rotatable bonds is 3. The van der Waals surface area contributed by atoms with Crippen LogP contribution in [0.15, 0.2) is 24.3 Å². The predicted molar refractivity (Wildman–Crippen MR) is 70.7 cm³/mol. The monoisotopic (exact) mass is 245 g/mol. The molecule has 0 saturated carbocycles. The van der Waals surface area contributed by atoms with E-state index in [0.717, 1.165) is 24.2 Å². The highest BCUT2D eigenvalue weighted by molar-refractivity contribution is 6.01. The quantitative estimate of drug-likeness (QED) is 0.821. The minimum absolute atomic E-state index is 0.140. The third-order valence-corrected chi connectivity index (χ3v) is 3.67. The van der Waals surface area contributed by atoms with Crippen molar-refractivity contribution in [3.8, 4) is 0 Å². The van der Waals surface area contributed by atoms with E-state index in [4.69, 9.17) is 0 Å². The molecule has 1 aliphatic rings. The molecule has 18 heavy (non-hydrogen) atoms. The molecule has 0 bridgehead atoms. The van der Waals surface area contributed by atoms with Gasteiger partial charge in [0.05, 0.1) is 5.92 Å². The average Bonchev–Trinajstić information content (AvgIpc) is 2.41. The van der Waals surface area contributed by atoms with E-state index >= 15 is 0 Å². The third-order valence-electron chi connectivity index (χ3n) is 3.67. The molecule has 0 aromatic heterocycles. The fourth-order valence-corrected chi connectivity index (χ4v) is 2.63. The van der Waals surface area contributed by atoms with Crippen molar-refractivity contribution >= 4 is 11.7 Å². The molecule has 96 valence electrons. The molecular weight excluding hydrogens is 226 g/mol. The lowest BCUT2D eigenvalue weighted by molar-refractivity contribution is -0.132. The summed E-state index contributed by atoms with van der Waals surface area (Å²) in [6.45, 7) is 5.42. The number of amides is 1. The van der Waals surface area contributed by atoms with E-state index in [0.29, 0.717) is 12.8 Å². The first-order valence-electron chi connectivity index (χ1n) is 6.60. The van der Waals surface area contributed by atoms with E-state index in [-0.39, 0.29) is 17.6 Å². The van der Waals surface area contributed by atoms with Crippen molar-refractivity contribution < 1.29 is 9.59 Å². The number of carbonyl (C=O) groups excluding carboxylic acids is 2. The summed E-state index contributed by atoms with van der Waals surface area (Å²) in [5.41, 5.74) is 1.64. The molecule has 3 nitrogen and oxygen atoms in total. The number of nitrogens with zero attached hydrogens (tertiary/aromatic N) is 1. The first-order chi connectivity index (χ1) is 8.69. The molecule has 1 aromatic rings. The first-order valence-corrected chi connectivity index (χ1v) is 6.60. The molecular formula is C15H19NO2. The molecule has 0 radical (unpaired) electrons. The van der Waals surface area contributed by atoms with Crippen LogP contribution in [0.5, 0.6) is 0 Å². The third kappa shape index (κ3) is 2.17. The number of hydrogen-bond acceptors (Lipinski definition) is 2. The van der Waals surface area contributed by atoms with E-state index in [1.54, 1.807) is 0 Å². The van der Waals surface area contributed by atoms with Crippen LogP contribution in [0.1, 0.15) is 48.5 Å². The average molecular weight is 245 g/mol. The van der Waals surface area contributed by atoms with Crippen LogP contribution in [0.2, 0.25) is 0 Å². The van der Waals surface area contributed by atoms with Crippen LogP contribution in [0.3, 0.4) is 0 Å². The number of carbonyl (C=O) groups is 2. The zero-order chi connectivity index (χ0) is 13.1. The number of fused-ring (bicyclic) bond motifs is 1. The zero-order valence-corrected chi connectivity index (χ0v) is 11.0. The second kappa shape index (κ2) is 5.34. The molecule has 1 aliphatic carbocycles. The molecule has 0 heterocycles. The van der Waals surface area contributed by atoms with Gasteiger partial charge in [-0.3, -0.25) is 9.59 Å². The van der Waals surface area contributed by atoms with Crippen molar-refractivity contribution in [1.29, 1.82) is 0 Å². The Morgan fingerprint density at radius 3 is 2.61 bits per heavy atom. The van der Waals surface area contributed by atoms with Crippen LogP contribution in [-0.4, -0.2) is 29.7 Å². The number of hydrogen-bond donors (Lipinski definition) is 0. The van der Waals surface area contributed by atoms with Gasteiger partial charge in [-0.05, 0) is 25.8 Å². The summed E-state index contributed by atoms with van der Waals surface area (Å²) >= 11 is 0. The number of Topliss-reactive ketones (excluding diaryl/α,β-unsaturated/α-hetero) is 1. The van der Waals surface area contributed by atoms with E-state index in [2.05, 4.69) is 0 Å². The Hall–Kier alpha value is -1.64. The fourth-order valence-electron chi connectivity index (χ4n) is 2.63. The lowest BCUT2D eigenvalue weighted by atomic mass is 9.81. The predicted octanol–water partition coefficient (Wildman–Crippen LogP) is 2.62. The van der Waals surface area contributed by atoms with Crippen molar-refractivity contribution in [3.63, 3.8) is 0 Å². The van der Waals surface area contributed by atoms with E-state index in [1.807, 2.05) is 43.0 Å². The number of likely N-dealkylation sites (N-methyl/N-ethyl adjacent to an activating group) is 1. The Balaban J connectivity index is 2.34. The maximum Gasteiger partial charge on any atom is 0.230 e. The summed E-state index contributed by atoms with van der Waals surface area (Å²) in [6.07, 6.45) is 1.12. The summed E-state index contributed by atoms with van der Waals surface area (Å²) in [4.78, 5) is 26.1. The Labute approximate surface area is 108 Å². The second-order valence-corrected chi connectivity index (χ2v) is 4.61. The van der Waals surface area contributed by atoms with Crippen molar-refractivity contribution in [1.82, 2.24) is 4.90 Å². The van der Waals surface area contributed by atoms with Crippen LogP contribution < -0.4 is 0 Å². The van der Waals surface area contributed by atoms with E-state index in [9.17, 15) is 9.59 Å². The smallest absolute Gasteiger partial charge is 0.230 e. The highest BCUT2D eigenvalue weighted by Crippen LogP contribution is 2.32. The number of benzene rings is 1. The van der Waals surface area contributed by atoms with Crippen LogP contribution >= 0.6 is 0 Å². The van der Waals surface area contributed by atoms with Gasteiger partial charge in [0.1, 0.15) is 0 Å². The van der Waals surface area contributed by atoms with Gasteiger partial charge in [-0.15, -0.1) is 0 Å². The van der Waals surface area contributed by atoms with Gasteiger partial charge in [0, 0.05) is 25.1 Å². The van der Waals surface area contributed by atoms with Gasteiger partial charge in [0.25, 0.3) is 0 Å². The fraction of sp³-hybridized carbons (Fsp3) is 0.467. The highest BCUT2D eigenvalue weighted by Gasteiger charge is 2.31. The largest absolute Gasteiger partial charge is 0.343 e. The topological polar surface area (TPSA) is 37.4 Å². The lowest BCUT2D eigenvalue weighted by Gasteiger charge is -2.29. The van der Waals surface area contributed by atoms with Gasteiger partial charge in [-0.1, -0.05) is 24.3 Å². The minimum Gasteiger partial charge on any atom is -0.343 e. The van der Waals surface area contributed by atoms with Crippen LogP contribution in [0.25, 0.3) is 0 Å². The first kappa shape index (κ1) is 12.8. The van der Waals surface area contributed by atoms with Gasteiger partial charge in [0.15, 0.2) is 5.78 Å². The Morgan fingerprint density at radius 2 is 1.94 bits per heavy atom. The molecule has 3 heteroatoms. The molecule has 0 aliphatic heterocycles. The van der Waals surface area contributed by atoms with Gasteiger partial charge in [-0.2, -0.15) is 0 Å². The van der Waals surface area contributed by atoms with Crippen molar-refractivity contribution in [2.24, 2.45) is 0 Å². The summed E-state index contributed by atoms with van der Waals surface area (Å²) < 4.78 is 0. The maximum atomic E-state index is 12.4. The van der Waals surface area contributed by atoms with Gasteiger partial charge < -0.3 is 4.90 Å². The number of ketones is 1. The van der Waals surface area contributed by atoms with Gasteiger partial charge >= 0.3 is 0 Å². The molecule has 0 saturated heterocycles. The Bertz CT molecular complexity index is 463. The molecule has 0 fully saturated rings. The molecule has 1 atom stereocenters. The summed E-state index contributed by atoms with van der Waals surface area (Å²) in [6, 6.07) is 7.51. The van der Waals surface area contributed by atoms with E-state index in [1.165, 1.54) is 0 Å². The van der Waals surface area contributed by atoms with Crippen LogP contribution in [0, 0.1) is 0 Å². The maximum absolute atomic E-state index is 12.4. The van der Waals surface area contributed by atoms with Crippen molar-refractivity contribution in [2.45, 2.75) is 32.6 Å². The normalized spacial score (nSPS) is 18.3. The van der Waals surface area contributed by atoms with Gasteiger partial charge in [0.2, 0.25) is 5.91 Å². The van der Waals surface area contributed by atoms with Crippen LogP contribution in [-0.2, 0) is 4.79 Å². The van der Waals surface area contributed by atoms with Crippen molar-refractivity contribution in [3.05, 3.63) is 35.4 Å². The van der Waals surface area contributed by atoms with Crippen LogP contribution in [0.4, 0.5) is 0 Å². The summed E-state index contributed by atoms with van der Waals surface area (Å²) in [5.74, 6) is 0.174. The summed E-state index contributed by atoms with van der Waals surface area (Å²) in [5, 5.41) is 0.